The second-order valence-corrected chi connectivity index (χ2v) is 11.7. The molecule has 2 aromatic rings. The van der Waals surface area contributed by atoms with E-state index in [9.17, 15) is 4.57 Å². The smallest absolute Gasteiger partial charge is 0.412 e. The molecule has 0 N–H and O–H groups in total. The number of halogens is 2. The zero-order chi connectivity index (χ0) is 24.5. The van der Waals surface area contributed by atoms with E-state index < -0.39 is 13.6 Å². The molecule has 186 valence electrons. The van der Waals surface area contributed by atoms with Gasteiger partial charge in [0.05, 0.1) is 37.4 Å². The van der Waals surface area contributed by atoms with Crippen LogP contribution in [0.4, 0.5) is 0 Å². The molecule has 0 bridgehead atoms. The number of hydrogen-bond donors (Lipinski definition) is 0. The molecule has 6 atom stereocenters. The maximum Gasteiger partial charge on any atom is 0.529 e. The maximum atomic E-state index is 12.9. The highest BCUT2D eigenvalue weighted by Crippen LogP contribution is 2.72. The Bertz CT molecular complexity index is 1190. The second-order valence-electron chi connectivity index (χ2n) is 9.47. The largest absolute Gasteiger partial charge is 0.529 e. The third kappa shape index (κ3) is 4.07. The molecule has 3 aliphatic rings. The Morgan fingerprint density at radius 3 is 2.79 bits per heavy atom. The first-order valence-corrected chi connectivity index (χ1v) is 13.4. The van der Waals surface area contributed by atoms with Crippen molar-refractivity contribution in [3.05, 3.63) is 29.1 Å². The Morgan fingerprint density at radius 2 is 2.09 bits per heavy atom. The molecule has 2 unspecified atom stereocenters. The summed E-state index contributed by atoms with van der Waals surface area (Å²) in [7, 11) is -3.72. The van der Waals surface area contributed by atoms with Crippen LogP contribution < -0.4 is 0 Å². The molecule has 2 aromatic heterocycles. The van der Waals surface area contributed by atoms with E-state index in [1.165, 1.54) is 6.26 Å². The number of phosphoric acid groups is 1. The second kappa shape index (κ2) is 8.40. The molecule has 1 saturated heterocycles. The molecular formula is C21H27Cl2N4O6P. The van der Waals surface area contributed by atoms with Gasteiger partial charge in [-0.05, 0) is 64.6 Å². The van der Waals surface area contributed by atoms with Crippen molar-refractivity contribution in [1.29, 1.82) is 0 Å². The predicted molar refractivity (Wildman–Crippen MR) is 124 cm³/mol. The normalized spacial score (nSPS) is 33.4. The van der Waals surface area contributed by atoms with Crippen molar-refractivity contribution in [1.82, 2.24) is 19.5 Å². The van der Waals surface area contributed by atoms with E-state index in [0.29, 0.717) is 11.2 Å². The van der Waals surface area contributed by atoms with E-state index in [2.05, 4.69) is 15.0 Å². The molecule has 34 heavy (non-hydrogen) atoms. The van der Waals surface area contributed by atoms with Crippen LogP contribution in [0.3, 0.4) is 0 Å². The molecule has 0 aromatic carbocycles. The van der Waals surface area contributed by atoms with Gasteiger partial charge in [-0.25, -0.2) is 14.5 Å². The van der Waals surface area contributed by atoms with Gasteiger partial charge in [-0.2, -0.15) is 4.98 Å². The number of hydrogen-bond acceptors (Lipinski definition) is 9. The lowest BCUT2D eigenvalue weighted by molar-refractivity contribution is -0.159. The molecule has 13 heteroatoms. The summed E-state index contributed by atoms with van der Waals surface area (Å²) in [5.74, 6) is -0.633. The number of fused-ring (bicyclic) bond motifs is 4. The van der Waals surface area contributed by atoms with Crippen molar-refractivity contribution < 1.29 is 27.6 Å². The number of imidazole rings is 1. The number of phosphoric ester groups is 1. The van der Waals surface area contributed by atoms with E-state index in [-0.39, 0.29) is 52.7 Å². The van der Waals surface area contributed by atoms with Gasteiger partial charge in [0.2, 0.25) is 5.28 Å². The van der Waals surface area contributed by atoms with Gasteiger partial charge >= 0.3 is 7.82 Å². The van der Waals surface area contributed by atoms with Crippen LogP contribution in [0.2, 0.25) is 10.4 Å². The van der Waals surface area contributed by atoms with Crippen LogP contribution in [0.5, 0.6) is 0 Å². The summed E-state index contributed by atoms with van der Waals surface area (Å²) in [6.07, 6.45) is 4.97. The summed E-state index contributed by atoms with van der Waals surface area (Å²) in [6, 6.07) is -0.130. The van der Waals surface area contributed by atoms with Crippen molar-refractivity contribution in [3.63, 3.8) is 0 Å². The molecular weight excluding hydrogens is 506 g/mol. The maximum absolute atomic E-state index is 12.9. The van der Waals surface area contributed by atoms with E-state index >= 15 is 0 Å². The predicted octanol–water partition coefficient (Wildman–Crippen LogP) is 5.31. The first kappa shape index (κ1) is 24.4. The lowest BCUT2D eigenvalue weighted by atomic mass is 9.99. The number of aromatic nitrogens is 4. The van der Waals surface area contributed by atoms with Crippen LogP contribution in [0.25, 0.3) is 11.2 Å². The average molecular weight is 533 g/mol. The van der Waals surface area contributed by atoms with Gasteiger partial charge in [0.15, 0.2) is 16.6 Å². The van der Waals surface area contributed by atoms with Gasteiger partial charge in [-0.3, -0.25) is 9.05 Å². The van der Waals surface area contributed by atoms with E-state index in [4.69, 9.17) is 46.2 Å². The van der Waals surface area contributed by atoms with Gasteiger partial charge in [0.25, 0.3) is 0 Å². The molecule has 2 saturated carbocycles. The van der Waals surface area contributed by atoms with Gasteiger partial charge in [-0.15, -0.1) is 0 Å². The molecule has 0 spiro atoms. The summed E-state index contributed by atoms with van der Waals surface area (Å²) in [6.45, 7) is 9.23. The van der Waals surface area contributed by atoms with E-state index in [1.807, 2.05) is 24.5 Å². The fraction of sp³-hybridized carbons (Fsp3) is 0.667. The molecule has 1 aliphatic heterocycles. The number of nitrogens with zero attached hydrogens (tertiary/aromatic N) is 4. The summed E-state index contributed by atoms with van der Waals surface area (Å²) in [5, 5.41) is 0.240. The Balaban J connectivity index is 1.47. The van der Waals surface area contributed by atoms with Crippen LogP contribution in [0.1, 0.15) is 47.1 Å². The van der Waals surface area contributed by atoms with Gasteiger partial charge < -0.3 is 18.6 Å². The Hall–Kier alpha value is -1.26. The monoisotopic (exact) mass is 532 g/mol. The summed E-state index contributed by atoms with van der Waals surface area (Å²) >= 11 is 12.3. The number of rotatable bonds is 8. The summed E-state index contributed by atoms with van der Waals surface area (Å²) < 4.78 is 43.7. The van der Waals surface area contributed by atoms with Crippen molar-refractivity contribution in [2.45, 2.75) is 71.2 Å². The van der Waals surface area contributed by atoms with Gasteiger partial charge in [0, 0.05) is 5.41 Å². The van der Waals surface area contributed by atoms with Crippen LogP contribution in [-0.4, -0.2) is 50.2 Å². The summed E-state index contributed by atoms with van der Waals surface area (Å²) in [5.41, 5.74) is 0.632. The molecule has 3 heterocycles. The van der Waals surface area contributed by atoms with Crippen molar-refractivity contribution >= 4 is 42.2 Å². The zero-order valence-electron chi connectivity index (χ0n) is 19.5. The third-order valence-electron chi connectivity index (χ3n) is 6.38. The van der Waals surface area contributed by atoms with E-state index in [1.54, 1.807) is 27.1 Å². The highest BCUT2D eigenvalue weighted by atomic mass is 35.5. The topological polar surface area (TPSA) is 107 Å². The van der Waals surface area contributed by atoms with Gasteiger partial charge in [-0.1, -0.05) is 11.6 Å². The van der Waals surface area contributed by atoms with Crippen LogP contribution in [0, 0.1) is 11.3 Å². The lowest BCUT2D eigenvalue weighted by Gasteiger charge is -2.24. The van der Waals surface area contributed by atoms with Crippen LogP contribution >= 0.6 is 31.0 Å². The first-order chi connectivity index (χ1) is 16.0. The fourth-order valence-electron chi connectivity index (χ4n) is 5.22. The Morgan fingerprint density at radius 1 is 1.32 bits per heavy atom. The average Bonchev–Trinajstić information content (AvgIpc) is 2.97. The third-order valence-corrected chi connectivity index (χ3v) is 8.45. The minimum Gasteiger partial charge on any atom is -0.412 e. The molecule has 0 amide bonds. The highest BCUT2D eigenvalue weighted by molar-refractivity contribution is 7.48. The lowest BCUT2D eigenvalue weighted by Crippen LogP contribution is -2.31. The quantitative estimate of drug-likeness (QED) is 0.193. The van der Waals surface area contributed by atoms with Gasteiger partial charge in [0.1, 0.15) is 11.6 Å². The summed E-state index contributed by atoms with van der Waals surface area (Å²) in [4.78, 5) is 12.8. The molecule has 3 fully saturated rings. The fourth-order valence-corrected chi connectivity index (χ4v) is 6.85. The van der Waals surface area contributed by atoms with Crippen molar-refractivity contribution in [3.8, 4) is 0 Å². The first-order valence-electron chi connectivity index (χ1n) is 11.2. The number of ether oxygens (including phenoxy) is 2. The minimum absolute atomic E-state index is 0.0462. The van der Waals surface area contributed by atoms with Crippen LogP contribution in [0.15, 0.2) is 18.7 Å². The zero-order valence-corrected chi connectivity index (χ0v) is 21.9. The molecule has 2 aliphatic carbocycles. The van der Waals surface area contributed by atoms with E-state index in [0.717, 1.165) is 6.42 Å². The molecule has 10 nitrogen and oxygen atoms in total. The Labute approximate surface area is 207 Å². The molecule has 5 rings (SSSR count). The van der Waals surface area contributed by atoms with Crippen molar-refractivity contribution in [2.24, 2.45) is 11.3 Å². The Kier molecular flexibility index (Phi) is 6.04. The SMILES string of the molecule is CCOP(=O)(O/C=C/C12C[C@@H]1[C@@H](n1cnc3c(Cl)nc(Cl)nc31)[C@@H]1OC(C)(C)O[C@@H]12)OC(C)C. The minimum atomic E-state index is -3.72. The van der Waals surface area contributed by atoms with Crippen LogP contribution in [-0.2, 0) is 27.6 Å². The molecule has 0 radical (unpaired) electrons. The standard InChI is InChI=1S/C21H27Cl2N4O6P/c1-6-29-34(28,33-11(2)3)30-8-7-21-9-12(21)14(15-16(21)32-20(4,5)31-15)27-10-24-13-17(22)25-19(23)26-18(13)27/h7-8,10-12,14-16H,6,9H2,1-5H3/b8-7+/t12-,14-,15+,16+,21?,34?/m1/s1. The highest BCUT2D eigenvalue weighted by Gasteiger charge is 2.75. The van der Waals surface area contributed by atoms with Crippen molar-refractivity contribution in [2.75, 3.05) is 6.61 Å².